The fraction of sp³-hybridized carbons (Fsp3) is 0.238. The summed E-state index contributed by atoms with van der Waals surface area (Å²) >= 11 is 14.0. The van der Waals surface area contributed by atoms with Crippen LogP contribution in [0.3, 0.4) is 0 Å². The van der Waals surface area contributed by atoms with Crippen LogP contribution in [0.25, 0.3) is 17.1 Å². The van der Waals surface area contributed by atoms with Crippen LogP contribution in [0.2, 0.25) is 10.0 Å². The Morgan fingerprint density at radius 1 is 0.935 bits per heavy atom. The fourth-order valence-electron chi connectivity index (χ4n) is 3.50. The Bertz CT molecular complexity index is 1200. The number of benzene rings is 2. The predicted octanol–water partition coefficient (Wildman–Crippen LogP) is 5.52. The van der Waals surface area contributed by atoms with Gasteiger partial charge in [-0.05, 0) is 43.2 Å². The van der Waals surface area contributed by atoms with E-state index in [1.807, 2.05) is 47.0 Å². The summed E-state index contributed by atoms with van der Waals surface area (Å²) in [5.41, 5.74) is 1.63. The number of hydrogen-bond acceptors (Lipinski definition) is 7. The lowest BCUT2D eigenvalue weighted by Gasteiger charge is -2.18. The van der Waals surface area contributed by atoms with Gasteiger partial charge in [-0.2, -0.15) is 0 Å². The molecular weight excluding hydrogens is 455 g/mol. The summed E-state index contributed by atoms with van der Waals surface area (Å²) in [5.74, 6) is 2.17. The van der Waals surface area contributed by atoms with Crippen LogP contribution in [0, 0.1) is 0 Å². The van der Waals surface area contributed by atoms with Gasteiger partial charge >= 0.3 is 0 Å². The number of hydrogen-bond donors (Lipinski definition) is 0. The smallest absolute Gasteiger partial charge is 0.249 e. The molecule has 0 radical (unpaired) electrons. The van der Waals surface area contributed by atoms with Gasteiger partial charge < -0.3 is 9.32 Å². The zero-order valence-corrected chi connectivity index (χ0v) is 18.7. The molecule has 5 rings (SSSR count). The summed E-state index contributed by atoms with van der Waals surface area (Å²) in [6.45, 7) is 1.93. The lowest BCUT2D eigenvalue weighted by molar-refractivity contribution is 0.528. The number of anilines is 1. The van der Waals surface area contributed by atoms with Gasteiger partial charge in [-0.15, -0.1) is 20.4 Å². The third-order valence-electron chi connectivity index (χ3n) is 4.97. The molecule has 10 heteroatoms. The third-order valence-corrected chi connectivity index (χ3v) is 6.45. The Hall–Kier alpha value is -2.55. The average Bonchev–Trinajstić information content (AvgIpc) is 3.52. The standard InChI is InChI=1S/C21H18Cl2N6OS/c22-14-6-5-7-15(12-14)29-20(28-10-3-4-11-28)26-27-21(29)31-13-18-24-25-19(30-18)16-8-1-2-9-17(16)23/h1-2,5-9,12H,3-4,10-11,13H2. The SMILES string of the molecule is Clc1cccc(-n2c(SCc3nnc(-c4ccccc4Cl)o3)nnc2N2CCCC2)c1. The monoisotopic (exact) mass is 472 g/mol. The molecule has 1 fully saturated rings. The van der Waals surface area contributed by atoms with Crippen molar-refractivity contribution < 1.29 is 4.42 Å². The van der Waals surface area contributed by atoms with E-state index in [2.05, 4.69) is 25.3 Å². The molecule has 2 aromatic carbocycles. The minimum absolute atomic E-state index is 0.398. The molecule has 1 aliphatic heterocycles. The van der Waals surface area contributed by atoms with Crippen molar-refractivity contribution >= 4 is 40.9 Å². The van der Waals surface area contributed by atoms with Crippen molar-refractivity contribution in [1.29, 1.82) is 0 Å². The second-order valence-electron chi connectivity index (χ2n) is 7.06. The van der Waals surface area contributed by atoms with E-state index in [1.54, 1.807) is 6.07 Å². The van der Waals surface area contributed by atoms with Crippen LogP contribution in [0.5, 0.6) is 0 Å². The van der Waals surface area contributed by atoms with Gasteiger partial charge in [-0.1, -0.05) is 53.2 Å². The van der Waals surface area contributed by atoms with Gasteiger partial charge in [0.05, 0.1) is 22.0 Å². The van der Waals surface area contributed by atoms with E-state index in [1.165, 1.54) is 11.8 Å². The van der Waals surface area contributed by atoms with Gasteiger partial charge in [0.1, 0.15) is 0 Å². The second-order valence-corrected chi connectivity index (χ2v) is 8.85. The van der Waals surface area contributed by atoms with Crippen molar-refractivity contribution in [2.45, 2.75) is 23.8 Å². The Labute approximate surface area is 193 Å². The normalized spacial score (nSPS) is 13.8. The van der Waals surface area contributed by atoms with Crippen molar-refractivity contribution in [1.82, 2.24) is 25.0 Å². The summed E-state index contributed by atoms with van der Waals surface area (Å²) in [5, 5.41) is 19.2. The maximum Gasteiger partial charge on any atom is 0.249 e. The first-order chi connectivity index (χ1) is 15.2. The average molecular weight is 473 g/mol. The molecule has 0 atom stereocenters. The number of halogens is 2. The molecule has 3 heterocycles. The van der Waals surface area contributed by atoms with Crippen LogP contribution in [0.4, 0.5) is 5.95 Å². The van der Waals surface area contributed by atoms with Crippen LogP contribution in [0.1, 0.15) is 18.7 Å². The first-order valence-corrected chi connectivity index (χ1v) is 11.6. The van der Waals surface area contributed by atoms with Crippen LogP contribution in [-0.4, -0.2) is 38.1 Å². The van der Waals surface area contributed by atoms with Crippen molar-refractivity contribution in [3.63, 3.8) is 0 Å². The highest BCUT2D eigenvalue weighted by molar-refractivity contribution is 7.98. The van der Waals surface area contributed by atoms with Gasteiger partial charge in [-0.25, -0.2) is 0 Å². The first-order valence-electron chi connectivity index (χ1n) is 9.85. The van der Waals surface area contributed by atoms with Crippen molar-refractivity contribution in [2.75, 3.05) is 18.0 Å². The topological polar surface area (TPSA) is 72.9 Å². The Kier molecular flexibility index (Phi) is 5.85. The summed E-state index contributed by atoms with van der Waals surface area (Å²) < 4.78 is 7.86. The molecular formula is C21H18Cl2N6OS. The van der Waals surface area contributed by atoms with Gasteiger partial charge in [0.15, 0.2) is 5.16 Å². The fourth-order valence-corrected chi connectivity index (χ4v) is 4.69. The molecule has 0 N–H and O–H groups in total. The molecule has 1 saturated heterocycles. The van der Waals surface area contributed by atoms with Crippen LogP contribution >= 0.6 is 35.0 Å². The number of rotatable bonds is 6. The third kappa shape index (κ3) is 4.28. The van der Waals surface area contributed by atoms with Gasteiger partial charge in [0.2, 0.25) is 17.7 Å². The minimum atomic E-state index is 0.398. The summed E-state index contributed by atoms with van der Waals surface area (Å²) in [7, 11) is 0. The Morgan fingerprint density at radius 3 is 2.58 bits per heavy atom. The molecule has 0 saturated carbocycles. The molecule has 158 valence electrons. The molecule has 0 aliphatic carbocycles. The molecule has 0 amide bonds. The minimum Gasteiger partial charge on any atom is -0.420 e. The predicted molar refractivity (Wildman–Crippen MR) is 122 cm³/mol. The van der Waals surface area contributed by atoms with Gasteiger partial charge in [-0.3, -0.25) is 4.57 Å². The maximum atomic E-state index is 6.25. The maximum absolute atomic E-state index is 6.25. The van der Waals surface area contributed by atoms with E-state index in [0.717, 1.165) is 42.7 Å². The van der Waals surface area contributed by atoms with E-state index < -0.39 is 0 Å². The van der Waals surface area contributed by atoms with E-state index in [0.29, 0.717) is 33.1 Å². The second kappa shape index (κ2) is 8.90. The van der Waals surface area contributed by atoms with Crippen molar-refractivity contribution in [3.05, 3.63) is 64.5 Å². The van der Waals surface area contributed by atoms with E-state index in [9.17, 15) is 0 Å². The molecule has 1 aliphatic rings. The van der Waals surface area contributed by atoms with Crippen LogP contribution < -0.4 is 4.90 Å². The van der Waals surface area contributed by atoms with E-state index in [-0.39, 0.29) is 0 Å². The zero-order valence-electron chi connectivity index (χ0n) is 16.4. The number of aromatic nitrogens is 5. The van der Waals surface area contributed by atoms with Crippen molar-refractivity contribution in [2.24, 2.45) is 0 Å². The van der Waals surface area contributed by atoms with Gasteiger partial charge in [0.25, 0.3) is 0 Å². The number of thioether (sulfide) groups is 1. The molecule has 4 aromatic rings. The molecule has 31 heavy (non-hydrogen) atoms. The largest absolute Gasteiger partial charge is 0.420 e. The molecule has 0 spiro atoms. The highest BCUT2D eigenvalue weighted by atomic mass is 35.5. The lowest BCUT2D eigenvalue weighted by atomic mass is 10.2. The highest BCUT2D eigenvalue weighted by Crippen LogP contribution is 2.32. The Morgan fingerprint density at radius 2 is 1.77 bits per heavy atom. The van der Waals surface area contributed by atoms with Gasteiger partial charge in [0, 0.05) is 18.1 Å². The number of nitrogens with zero attached hydrogens (tertiary/aromatic N) is 6. The zero-order chi connectivity index (χ0) is 21.2. The summed E-state index contributed by atoms with van der Waals surface area (Å²) in [6.07, 6.45) is 2.30. The lowest BCUT2D eigenvalue weighted by Crippen LogP contribution is -2.22. The quantitative estimate of drug-likeness (QED) is 0.342. The molecule has 0 unspecified atom stereocenters. The van der Waals surface area contributed by atoms with E-state index in [4.69, 9.17) is 27.6 Å². The van der Waals surface area contributed by atoms with Crippen LogP contribution in [0.15, 0.2) is 58.1 Å². The van der Waals surface area contributed by atoms with Crippen LogP contribution in [-0.2, 0) is 5.75 Å². The molecule has 0 bridgehead atoms. The molecule has 7 nitrogen and oxygen atoms in total. The van der Waals surface area contributed by atoms with Crippen molar-refractivity contribution in [3.8, 4) is 17.1 Å². The summed E-state index contributed by atoms with van der Waals surface area (Å²) in [6, 6.07) is 15.1. The first kappa shape index (κ1) is 20.4. The summed E-state index contributed by atoms with van der Waals surface area (Å²) in [4.78, 5) is 2.25. The molecule has 2 aromatic heterocycles. The van der Waals surface area contributed by atoms with E-state index >= 15 is 0 Å². The highest BCUT2D eigenvalue weighted by Gasteiger charge is 2.23. The Balaban J connectivity index is 1.42.